The van der Waals surface area contributed by atoms with Crippen molar-refractivity contribution in [2.24, 2.45) is 0 Å². The Labute approximate surface area is 142 Å². The zero-order valence-corrected chi connectivity index (χ0v) is 13.6. The van der Waals surface area contributed by atoms with Crippen LogP contribution in [0.25, 0.3) is 0 Å². The van der Waals surface area contributed by atoms with Gasteiger partial charge in [-0.25, -0.2) is 9.18 Å². The number of hydrogen-bond donors (Lipinski definition) is 2. The predicted octanol–water partition coefficient (Wildman–Crippen LogP) is 4.95. The Hall–Kier alpha value is -2.57. The molecule has 1 atom stereocenters. The van der Waals surface area contributed by atoms with Crippen LogP contribution in [0.4, 0.5) is 23.2 Å². The monoisotopic (exact) mass is 355 g/mol. The smallest absolute Gasteiger partial charge is 0.419 e. The first-order valence-electron chi connectivity index (χ1n) is 7.59. The van der Waals surface area contributed by atoms with E-state index in [1.54, 1.807) is 18.2 Å². The van der Waals surface area contributed by atoms with Gasteiger partial charge in [-0.1, -0.05) is 37.3 Å². The van der Waals surface area contributed by atoms with Crippen LogP contribution in [0.1, 0.15) is 35.2 Å². The molecule has 0 aromatic heterocycles. The number of alkyl halides is 3. The molecule has 7 heteroatoms. The van der Waals surface area contributed by atoms with E-state index in [-0.39, 0.29) is 5.56 Å². The van der Waals surface area contributed by atoms with Gasteiger partial charge in [0.1, 0.15) is 0 Å². The van der Waals surface area contributed by atoms with E-state index in [2.05, 4.69) is 5.32 Å². The van der Waals surface area contributed by atoms with E-state index in [9.17, 15) is 27.5 Å². The second-order valence-electron chi connectivity index (χ2n) is 5.63. The lowest BCUT2D eigenvalue weighted by Gasteiger charge is -2.20. The summed E-state index contributed by atoms with van der Waals surface area (Å²) in [6.45, 7) is 3.03. The van der Waals surface area contributed by atoms with Gasteiger partial charge in [-0.2, -0.15) is 13.2 Å². The molecule has 0 amide bonds. The lowest BCUT2D eigenvalue weighted by atomic mass is 10.0. The van der Waals surface area contributed by atoms with Gasteiger partial charge in [0, 0.05) is 0 Å². The van der Waals surface area contributed by atoms with Gasteiger partial charge in [-0.3, -0.25) is 0 Å². The number of rotatable bonds is 5. The zero-order chi connectivity index (χ0) is 18.8. The van der Waals surface area contributed by atoms with Crippen LogP contribution in [-0.4, -0.2) is 11.1 Å². The third-order valence-electron chi connectivity index (χ3n) is 3.87. The van der Waals surface area contributed by atoms with Gasteiger partial charge in [0.05, 0.1) is 11.3 Å². The maximum atomic E-state index is 14.3. The summed E-state index contributed by atoms with van der Waals surface area (Å²) in [6, 6.07) is 7.46. The highest BCUT2D eigenvalue weighted by molar-refractivity contribution is 5.79. The molecule has 0 bridgehead atoms. The van der Waals surface area contributed by atoms with Crippen molar-refractivity contribution in [3.63, 3.8) is 0 Å². The molecule has 3 nitrogen and oxygen atoms in total. The average Bonchev–Trinajstić information content (AvgIpc) is 2.52. The van der Waals surface area contributed by atoms with Gasteiger partial charge in [0.15, 0.2) is 11.9 Å². The molecule has 0 aliphatic heterocycles. The van der Waals surface area contributed by atoms with Gasteiger partial charge in [0.25, 0.3) is 0 Å². The third kappa shape index (κ3) is 4.10. The first kappa shape index (κ1) is 18.8. The largest absolute Gasteiger partial charge is 0.479 e. The summed E-state index contributed by atoms with van der Waals surface area (Å²) < 4.78 is 53.4. The molecule has 2 aromatic rings. The first-order chi connectivity index (χ1) is 11.6. The normalized spacial score (nSPS) is 12.7. The lowest BCUT2D eigenvalue weighted by molar-refractivity contribution is -0.140. The van der Waals surface area contributed by atoms with E-state index >= 15 is 0 Å². The molecular formula is C18H17F4NO2. The molecule has 134 valence electrons. The second kappa shape index (κ2) is 7.13. The number of halogens is 4. The second-order valence-corrected chi connectivity index (χ2v) is 5.63. The standard InChI is InChI=1S/C18H17F4NO2/c1-3-11-5-4-6-12(9-11)16(17(24)25)23-13-8-7-10(2)14(15(13)19)18(20,21)22/h4-9,16,23H,3H2,1-2H3,(H,24,25). The summed E-state index contributed by atoms with van der Waals surface area (Å²) in [4.78, 5) is 11.6. The SMILES string of the molecule is CCc1cccc(C(Nc2ccc(C)c(C(F)(F)F)c2F)C(=O)O)c1. The molecule has 0 saturated heterocycles. The highest BCUT2D eigenvalue weighted by Crippen LogP contribution is 2.37. The number of anilines is 1. The van der Waals surface area contributed by atoms with Crippen LogP contribution in [0, 0.1) is 12.7 Å². The van der Waals surface area contributed by atoms with Crippen LogP contribution in [0.5, 0.6) is 0 Å². The van der Waals surface area contributed by atoms with E-state index in [4.69, 9.17) is 0 Å². The first-order valence-corrected chi connectivity index (χ1v) is 7.59. The van der Waals surface area contributed by atoms with Crippen molar-refractivity contribution in [3.8, 4) is 0 Å². The lowest BCUT2D eigenvalue weighted by Crippen LogP contribution is -2.22. The fraction of sp³-hybridized carbons (Fsp3) is 0.278. The topological polar surface area (TPSA) is 49.3 Å². The average molecular weight is 355 g/mol. The van der Waals surface area contributed by atoms with Gasteiger partial charge >= 0.3 is 12.1 Å². The Bertz CT molecular complexity index is 787. The van der Waals surface area contributed by atoms with Crippen LogP contribution in [0.15, 0.2) is 36.4 Å². The Morgan fingerprint density at radius 3 is 2.48 bits per heavy atom. The van der Waals surface area contributed by atoms with Gasteiger partial charge < -0.3 is 10.4 Å². The zero-order valence-electron chi connectivity index (χ0n) is 13.6. The quantitative estimate of drug-likeness (QED) is 0.746. The molecule has 0 radical (unpaired) electrons. The van der Waals surface area contributed by atoms with E-state index < -0.39 is 35.3 Å². The molecule has 2 aromatic carbocycles. The summed E-state index contributed by atoms with van der Waals surface area (Å²) in [6.07, 6.45) is -4.20. The maximum Gasteiger partial charge on any atom is 0.419 e. The fourth-order valence-corrected chi connectivity index (χ4v) is 2.57. The van der Waals surface area contributed by atoms with E-state index in [1.807, 2.05) is 6.92 Å². The third-order valence-corrected chi connectivity index (χ3v) is 3.87. The molecule has 0 fully saturated rings. The van der Waals surface area contributed by atoms with Crippen LogP contribution >= 0.6 is 0 Å². The van der Waals surface area contributed by atoms with Crippen molar-refractivity contribution < 1.29 is 27.5 Å². The fourth-order valence-electron chi connectivity index (χ4n) is 2.57. The Morgan fingerprint density at radius 1 is 1.24 bits per heavy atom. The molecule has 2 N–H and O–H groups in total. The summed E-state index contributed by atoms with van der Waals surface area (Å²) >= 11 is 0. The summed E-state index contributed by atoms with van der Waals surface area (Å²) in [5.74, 6) is -2.83. The van der Waals surface area contributed by atoms with Gasteiger partial charge in [0.2, 0.25) is 0 Å². The molecule has 0 saturated carbocycles. The summed E-state index contributed by atoms with van der Waals surface area (Å²) in [7, 11) is 0. The van der Waals surface area contributed by atoms with Crippen molar-refractivity contribution in [1.82, 2.24) is 0 Å². The van der Waals surface area contributed by atoms with E-state index in [1.165, 1.54) is 6.07 Å². The van der Waals surface area contributed by atoms with Crippen molar-refractivity contribution in [1.29, 1.82) is 0 Å². The minimum atomic E-state index is -4.87. The number of carboxylic acids is 1. The number of benzene rings is 2. The number of aliphatic carboxylic acids is 1. The maximum absolute atomic E-state index is 14.3. The predicted molar refractivity (Wildman–Crippen MR) is 86.0 cm³/mol. The van der Waals surface area contributed by atoms with Crippen LogP contribution in [0.2, 0.25) is 0 Å². The minimum absolute atomic E-state index is 0.268. The van der Waals surface area contributed by atoms with E-state index in [0.717, 1.165) is 24.6 Å². The molecule has 0 aliphatic carbocycles. The number of nitrogens with one attached hydrogen (secondary N) is 1. The molecule has 25 heavy (non-hydrogen) atoms. The van der Waals surface area contributed by atoms with Crippen LogP contribution < -0.4 is 5.32 Å². The van der Waals surface area contributed by atoms with Crippen molar-refractivity contribution in [2.45, 2.75) is 32.5 Å². The molecule has 0 heterocycles. The van der Waals surface area contributed by atoms with Gasteiger partial charge in [-0.05, 0) is 36.1 Å². The summed E-state index contributed by atoms with van der Waals surface area (Å²) in [5, 5.41) is 11.8. The van der Waals surface area contributed by atoms with Crippen molar-refractivity contribution >= 4 is 11.7 Å². The Morgan fingerprint density at radius 2 is 1.92 bits per heavy atom. The number of carbonyl (C=O) groups is 1. The van der Waals surface area contributed by atoms with Crippen molar-refractivity contribution in [3.05, 3.63) is 64.5 Å². The molecular weight excluding hydrogens is 338 g/mol. The number of carboxylic acid groups (broad SMARTS) is 1. The van der Waals surface area contributed by atoms with Crippen molar-refractivity contribution in [2.75, 3.05) is 5.32 Å². The molecule has 2 rings (SSSR count). The Balaban J connectivity index is 2.46. The highest BCUT2D eigenvalue weighted by atomic mass is 19.4. The molecule has 0 aliphatic rings. The number of hydrogen-bond acceptors (Lipinski definition) is 2. The minimum Gasteiger partial charge on any atom is -0.479 e. The molecule has 1 unspecified atom stereocenters. The summed E-state index contributed by atoms with van der Waals surface area (Å²) in [5.41, 5.74) is -0.974. The van der Waals surface area contributed by atoms with Crippen LogP contribution in [0.3, 0.4) is 0 Å². The highest BCUT2D eigenvalue weighted by Gasteiger charge is 2.37. The number of aryl methyl sites for hydroxylation is 2. The van der Waals surface area contributed by atoms with Crippen LogP contribution in [-0.2, 0) is 17.4 Å². The van der Waals surface area contributed by atoms with E-state index in [0.29, 0.717) is 12.0 Å². The van der Waals surface area contributed by atoms with Gasteiger partial charge in [-0.15, -0.1) is 0 Å². The Kier molecular flexibility index (Phi) is 5.35. The molecule has 0 spiro atoms.